The lowest BCUT2D eigenvalue weighted by Gasteiger charge is -2.35. The predicted octanol–water partition coefficient (Wildman–Crippen LogP) is 6.92. The number of halogens is 5. The molecule has 1 aliphatic rings. The Bertz CT molecular complexity index is 1780. The number of carboxylic acids is 1. The quantitative estimate of drug-likeness (QED) is 0.189. The molecule has 0 saturated heterocycles. The first-order valence-corrected chi connectivity index (χ1v) is 14.6. The molecule has 0 aliphatic carbocycles. The predicted molar refractivity (Wildman–Crippen MR) is 167 cm³/mol. The summed E-state index contributed by atoms with van der Waals surface area (Å²) in [6.45, 7) is 0.918. The van der Waals surface area contributed by atoms with Crippen LogP contribution >= 0.6 is 23.2 Å². The first-order chi connectivity index (χ1) is 22.0. The third-order valence-corrected chi connectivity index (χ3v) is 8.05. The number of carbonyl (C=O) groups excluding carboxylic acids is 1. The minimum atomic E-state index is -1.59. The summed E-state index contributed by atoms with van der Waals surface area (Å²) in [5.41, 5.74) is 1.60. The second-order valence-electron chi connectivity index (χ2n) is 10.3. The lowest BCUT2D eigenvalue weighted by atomic mass is 9.95. The van der Waals surface area contributed by atoms with E-state index in [-0.39, 0.29) is 28.8 Å². The summed E-state index contributed by atoms with van der Waals surface area (Å²) in [6, 6.07) is 12.2. The van der Waals surface area contributed by atoms with Crippen molar-refractivity contribution in [3.8, 4) is 28.4 Å². The molecular weight excluding hydrogens is 648 g/mol. The molecule has 1 amide bonds. The highest BCUT2D eigenvalue weighted by Gasteiger charge is 2.31. The average molecular weight is 675 g/mol. The van der Waals surface area contributed by atoms with Gasteiger partial charge in [0.1, 0.15) is 41.4 Å². The maximum Gasteiger partial charge on any atom is 0.326 e. The summed E-state index contributed by atoms with van der Waals surface area (Å²) in [4.78, 5) is 27.1. The van der Waals surface area contributed by atoms with Crippen molar-refractivity contribution < 1.29 is 42.1 Å². The van der Waals surface area contributed by atoms with Gasteiger partial charge in [0.2, 0.25) is 0 Å². The monoisotopic (exact) mass is 674 g/mol. The standard InChI is InChI=1S/C33H27Cl2F3N2O6/c1-44-26-9-6-17(12-27(26)45-2)16-40-10-11-46-31-18(7-8-20(30(31)40)28-21(34)14-19(36)15-22(28)35)13-25(33(42)43)39-32(41)29-23(37)4-3-5-24(29)38/h3-9,12,14-15,25H,10-11,13,16H2,1-2H3,(H,39,41)(H,42,43)/t25-/m0/s1. The van der Waals surface area contributed by atoms with Crippen LogP contribution in [0.2, 0.25) is 10.0 Å². The van der Waals surface area contributed by atoms with Crippen molar-refractivity contribution in [3.05, 3.63) is 105 Å². The number of rotatable bonds is 10. The Morgan fingerprint density at radius 3 is 2.28 bits per heavy atom. The number of aliphatic carboxylic acids is 1. The minimum absolute atomic E-state index is 0.0409. The maximum absolute atomic E-state index is 14.3. The Morgan fingerprint density at radius 1 is 0.978 bits per heavy atom. The Kier molecular flexibility index (Phi) is 9.83. The molecule has 1 aliphatic heterocycles. The normalized spacial score (nSPS) is 13.0. The molecule has 4 aromatic rings. The Balaban J connectivity index is 1.59. The summed E-state index contributed by atoms with van der Waals surface area (Å²) >= 11 is 13.0. The van der Waals surface area contributed by atoms with Crippen molar-refractivity contribution in [1.82, 2.24) is 5.32 Å². The molecule has 2 N–H and O–H groups in total. The van der Waals surface area contributed by atoms with Crippen LogP contribution in [0.25, 0.3) is 11.1 Å². The molecule has 0 bridgehead atoms. The molecule has 0 unspecified atom stereocenters. The zero-order valence-corrected chi connectivity index (χ0v) is 26.0. The van der Waals surface area contributed by atoms with Crippen LogP contribution in [0.4, 0.5) is 18.9 Å². The van der Waals surface area contributed by atoms with Crippen LogP contribution in [0.1, 0.15) is 21.5 Å². The molecule has 13 heteroatoms. The number of ether oxygens (including phenoxy) is 3. The van der Waals surface area contributed by atoms with Crippen LogP contribution < -0.4 is 24.4 Å². The van der Waals surface area contributed by atoms with Crippen LogP contribution in [0, 0.1) is 17.5 Å². The van der Waals surface area contributed by atoms with E-state index in [1.54, 1.807) is 18.2 Å². The van der Waals surface area contributed by atoms with E-state index in [1.165, 1.54) is 14.2 Å². The van der Waals surface area contributed by atoms with Crippen LogP contribution in [-0.2, 0) is 17.8 Å². The highest BCUT2D eigenvalue weighted by molar-refractivity contribution is 6.39. The number of anilines is 1. The number of amides is 1. The minimum Gasteiger partial charge on any atom is -0.493 e. The molecule has 4 aromatic carbocycles. The van der Waals surface area contributed by atoms with Crippen molar-refractivity contribution in [2.24, 2.45) is 0 Å². The lowest BCUT2D eigenvalue weighted by Crippen LogP contribution is -2.43. The highest BCUT2D eigenvalue weighted by Crippen LogP contribution is 2.48. The largest absolute Gasteiger partial charge is 0.493 e. The topological polar surface area (TPSA) is 97.3 Å². The number of methoxy groups -OCH3 is 2. The summed E-state index contributed by atoms with van der Waals surface area (Å²) in [6.07, 6.45) is -0.311. The van der Waals surface area contributed by atoms with Gasteiger partial charge in [0.25, 0.3) is 5.91 Å². The van der Waals surface area contributed by atoms with Gasteiger partial charge in [-0.1, -0.05) is 47.5 Å². The SMILES string of the molecule is COc1ccc(CN2CCOc3c(C[C@H](NC(=O)c4c(F)cccc4F)C(=O)O)ccc(-c4c(Cl)cc(F)cc4Cl)c32)cc1OC. The Labute approximate surface area is 272 Å². The average Bonchev–Trinajstić information content (AvgIpc) is 3.01. The van der Waals surface area contributed by atoms with E-state index in [2.05, 4.69) is 5.32 Å². The molecule has 240 valence electrons. The van der Waals surface area contributed by atoms with Crippen LogP contribution in [-0.4, -0.2) is 50.4 Å². The molecule has 1 atom stereocenters. The Hall–Kier alpha value is -4.61. The third kappa shape index (κ3) is 6.66. The smallest absolute Gasteiger partial charge is 0.326 e. The highest BCUT2D eigenvalue weighted by atomic mass is 35.5. The second-order valence-corrected chi connectivity index (χ2v) is 11.1. The molecule has 0 aromatic heterocycles. The zero-order chi connectivity index (χ0) is 33.1. The van der Waals surface area contributed by atoms with Crippen molar-refractivity contribution in [1.29, 1.82) is 0 Å². The third-order valence-electron chi connectivity index (χ3n) is 7.45. The molecule has 5 rings (SSSR count). The van der Waals surface area contributed by atoms with E-state index in [0.717, 1.165) is 35.9 Å². The van der Waals surface area contributed by atoms with Gasteiger partial charge in [0.15, 0.2) is 11.5 Å². The van der Waals surface area contributed by atoms with Crippen LogP contribution in [0.15, 0.2) is 60.7 Å². The number of hydrogen-bond donors (Lipinski definition) is 2. The summed E-state index contributed by atoms with van der Waals surface area (Å²) in [5.74, 6) is -4.24. The molecule has 46 heavy (non-hydrogen) atoms. The molecule has 1 heterocycles. The fourth-order valence-electron chi connectivity index (χ4n) is 5.34. The number of carbonyl (C=O) groups is 2. The molecule has 0 saturated carbocycles. The van der Waals surface area contributed by atoms with Crippen LogP contribution in [0.5, 0.6) is 17.2 Å². The van der Waals surface area contributed by atoms with Crippen molar-refractivity contribution in [2.45, 2.75) is 19.0 Å². The van der Waals surface area contributed by atoms with Gasteiger partial charge < -0.3 is 29.5 Å². The molecule has 0 fully saturated rings. The van der Waals surface area contributed by atoms with E-state index in [9.17, 15) is 27.9 Å². The Morgan fingerprint density at radius 2 is 1.65 bits per heavy atom. The van der Waals surface area contributed by atoms with Gasteiger partial charge in [-0.25, -0.2) is 18.0 Å². The number of fused-ring (bicyclic) bond motifs is 1. The van der Waals surface area contributed by atoms with E-state index in [4.69, 9.17) is 37.4 Å². The summed E-state index contributed by atoms with van der Waals surface area (Å²) in [5, 5.41) is 12.3. The fraction of sp³-hybridized carbons (Fsp3) is 0.212. The number of nitrogens with zero attached hydrogens (tertiary/aromatic N) is 1. The summed E-state index contributed by atoms with van der Waals surface area (Å²) < 4.78 is 59.6. The first kappa shape index (κ1) is 32.8. The first-order valence-electron chi connectivity index (χ1n) is 13.9. The molecular formula is C33H27Cl2F3N2O6. The van der Waals surface area contributed by atoms with E-state index in [0.29, 0.717) is 47.0 Å². The zero-order valence-electron chi connectivity index (χ0n) is 24.5. The molecule has 0 radical (unpaired) electrons. The van der Waals surface area contributed by atoms with Crippen LogP contribution in [0.3, 0.4) is 0 Å². The van der Waals surface area contributed by atoms with Gasteiger partial charge in [-0.3, -0.25) is 4.79 Å². The van der Waals surface area contributed by atoms with Crippen molar-refractivity contribution >= 4 is 40.8 Å². The summed E-state index contributed by atoms with van der Waals surface area (Å²) in [7, 11) is 3.05. The van der Waals surface area contributed by atoms with E-state index < -0.39 is 40.9 Å². The number of benzene rings is 4. The van der Waals surface area contributed by atoms with Gasteiger partial charge in [-0.05, 0) is 47.5 Å². The number of carboxylic acid groups (broad SMARTS) is 1. The van der Waals surface area contributed by atoms with Crippen molar-refractivity contribution in [3.63, 3.8) is 0 Å². The van der Waals surface area contributed by atoms with Gasteiger partial charge in [-0.2, -0.15) is 0 Å². The second kappa shape index (κ2) is 13.8. The van der Waals surface area contributed by atoms with Gasteiger partial charge in [0.05, 0.1) is 36.5 Å². The number of hydrogen-bond acceptors (Lipinski definition) is 6. The van der Waals surface area contributed by atoms with Gasteiger partial charge in [0, 0.05) is 24.1 Å². The number of nitrogens with one attached hydrogen (secondary N) is 1. The molecule has 0 spiro atoms. The van der Waals surface area contributed by atoms with E-state index in [1.807, 2.05) is 17.0 Å². The van der Waals surface area contributed by atoms with Gasteiger partial charge in [-0.15, -0.1) is 0 Å². The van der Waals surface area contributed by atoms with Crippen molar-refractivity contribution in [2.75, 3.05) is 32.3 Å². The fourth-order valence-corrected chi connectivity index (χ4v) is 6.01. The molecule has 8 nitrogen and oxygen atoms in total. The van der Waals surface area contributed by atoms with Gasteiger partial charge >= 0.3 is 5.97 Å². The van der Waals surface area contributed by atoms with E-state index >= 15 is 0 Å². The lowest BCUT2D eigenvalue weighted by molar-refractivity contribution is -0.139. The maximum atomic E-state index is 14.3.